The summed E-state index contributed by atoms with van der Waals surface area (Å²) in [4.78, 5) is 28.0. The van der Waals surface area contributed by atoms with Gasteiger partial charge in [-0.25, -0.2) is 4.39 Å². The van der Waals surface area contributed by atoms with Gasteiger partial charge in [0.1, 0.15) is 18.2 Å². The van der Waals surface area contributed by atoms with E-state index in [0.717, 1.165) is 17.3 Å². The van der Waals surface area contributed by atoms with Crippen LogP contribution in [-0.2, 0) is 11.4 Å². The second-order valence-electron chi connectivity index (χ2n) is 8.59. The molecule has 1 N–H and O–H groups in total. The van der Waals surface area contributed by atoms with Gasteiger partial charge in [0.05, 0.1) is 10.6 Å². The molecule has 0 aliphatic carbocycles. The Hall–Kier alpha value is -3.69. The first-order chi connectivity index (χ1) is 19.3. The van der Waals surface area contributed by atoms with E-state index in [1.165, 1.54) is 29.2 Å². The Bertz CT molecular complexity index is 1660. The number of thioether (sulfide) groups is 1. The van der Waals surface area contributed by atoms with Crippen LogP contribution in [0.25, 0.3) is 6.08 Å². The second kappa shape index (κ2) is 12.2. The maximum absolute atomic E-state index is 13.5. The molecule has 0 aromatic heterocycles. The van der Waals surface area contributed by atoms with E-state index in [0.29, 0.717) is 47.5 Å². The van der Waals surface area contributed by atoms with Gasteiger partial charge in [0.15, 0.2) is 4.32 Å². The molecular formula is C30H19Cl2FN2O3S2. The van der Waals surface area contributed by atoms with E-state index in [1.54, 1.807) is 54.6 Å². The fourth-order valence-corrected chi connectivity index (χ4v) is 5.55. The zero-order valence-corrected chi connectivity index (χ0v) is 23.7. The number of hydrogen-bond donors (Lipinski definition) is 1. The van der Waals surface area contributed by atoms with Gasteiger partial charge >= 0.3 is 0 Å². The quantitative estimate of drug-likeness (QED) is 0.169. The third-order valence-corrected chi connectivity index (χ3v) is 7.77. The van der Waals surface area contributed by atoms with Crippen LogP contribution in [0.15, 0.2) is 95.9 Å². The monoisotopic (exact) mass is 608 g/mol. The molecule has 1 aliphatic heterocycles. The summed E-state index contributed by atoms with van der Waals surface area (Å²) in [6.45, 7) is 0.232. The molecule has 10 heteroatoms. The lowest BCUT2D eigenvalue weighted by Crippen LogP contribution is -2.27. The fourth-order valence-electron chi connectivity index (χ4n) is 3.89. The molecule has 5 nitrogen and oxygen atoms in total. The van der Waals surface area contributed by atoms with E-state index in [2.05, 4.69) is 5.32 Å². The van der Waals surface area contributed by atoms with Gasteiger partial charge in [-0.15, -0.1) is 0 Å². The van der Waals surface area contributed by atoms with Gasteiger partial charge in [0.2, 0.25) is 0 Å². The van der Waals surface area contributed by atoms with Crippen LogP contribution in [0.4, 0.5) is 15.8 Å². The van der Waals surface area contributed by atoms with E-state index < -0.39 is 11.7 Å². The lowest BCUT2D eigenvalue weighted by Gasteiger charge is -2.15. The Balaban J connectivity index is 1.37. The maximum atomic E-state index is 13.5. The highest BCUT2D eigenvalue weighted by atomic mass is 35.5. The number of benzene rings is 4. The Morgan fingerprint density at radius 3 is 2.55 bits per heavy atom. The molecule has 0 saturated carbocycles. The number of halogens is 3. The highest BCUT2D eigenvalue weighted by molar-refractivity contribution is 8.27. The lowest BCUT2D eigenvalue weighted by molar-refractivity contribution is -0.113. The molecule has 1 aliphatic rings. The first-order valence-electron chi connectivity index (χ1n) is 11.9. The predicted octanol–water partition coefficient (Wildman–Crippen LogP) is 8.37. The zero-order chi connectivity index (χ0) is 28.2. The number of amides is 2. The van der Waals surface area contributed by atoms with E-state index in [4.69, 9.17) is 40.2 Å². The maximum Gasteiger partial charge on any atom is 0.270 e. The molecule has 0 unspecified atom stereocenters. The van der Waals surface area contributed by atoms with Crippen molar-refractivity contribution >= 4 is 80.8 Å². The van der Waals surface area contributed by atoms with Crippen LogP contribution in [0.3, 0.4) is 0 Å². The summed E-state index contributed by atoms with van der Waals surface area (Å²) < 4.78 is 19.5. The summed E-state index contributed by atoms with van der Waals surface area (Å²) in [5.41, 5.74) is 2.62. The third kappa shape index (κ3) is 6.37. The molecule has 1 fully saturated rings. The summed E-state index contributed by atoms with van der Waals surface area (Å²) >= 11 is 19.2. The molecule has 200 valence electrons. The zero-order valence-electron chi connectivity index (χ0n) is 20.6. The van der Waals surface area contributed by atoms with Gasteiger partial charge in [-0.3, -0.25) is 14.5 Å². The number of rotatable bonds is 7. The fraction of sp³-hybridized carbons (Fsp3) is 0.0333. The number of nitrogens with one attached hydrogen (secondary N) is 1. The van der Waals surface area contributed by atoms with Gasteiger partial charge in [-0.05, 0) is 72.8 Å². The van der Waals surface area contributed by atoms with Crippen LogP contribution in [0.5, 0.6) is 5.75 Å². The highest BCUT2D eigenvalue weighted by Gasteiger charge is 2.34. The Morgan fingerprint density at radius 1 is 1.00 bits per heavy atom. The van der Waals surface area contributed by atoms with Crippen molar-refractivity contribution in [3.8, 4) is 5.75 Å². The highest BCUT2D eigenvalue weighted by Crippen LogP contribution is 2.38. The minimum Gasteiger partial charge on any atom is -0.488 e. The first kappa shape index (κ1) is 27.9. The molecule has 0 radical (unpaired) electrons. The number of anilines is 2. The van der Waals surface area contributed by atoms with Crippen LogP contribution >= 0.6 is 47.2 Å². The van der Waals surface area contributed by atoms with Crippen molar-refractivity contribution in [2.75, 3.05) is 10.2 Å². The van der Waals surface area contributed by atoms with Crippen molar-refractivity contribution in [1.82, 2.24) is 0 Å². The molecule has 1 saturated heterocycles. The van der Waals surface area contributed by atoms with Crippen molar-refractivity contribution in [1.29, 1.82) is 0 Å². The number of nitrogens with zero attached hydrogens (tertiary/aromatic N) is 1. The molecule has 5 rings (SSSR count). The van der Waals surface area contributed by atoms with Gasteiger partial charge in [-0.1, -0.05) is 71.4 Å². The third-order valence-electron chi connectivity index (χ3n) is 5.86. The summed E-state index contributed by atoms with van der Waals surface area (Å²) in [6, 6.07) is 24.5. The molecule has 0 spiro atoms. The molecule has 1 heterocycles. The summed E-state index contributed by atoms with van der Waals surface area (Å²) in [5, 5.41) is 3.78. The molecule has 0 bridgehead atoms. The number of carbonyl (C=O) groups is 2. The summed E-state index contributed by atoms with van der Waals surface area (Å²) in [7, 11) is 0. The minimum absolute atomic E-state index is 0.232. The van der Waals surface area contributed by atoms with E-state index in [1.807, 2.05) is 18.2 Å². The second-order valence-corrected chi connectivity index (χ2v) is 11.1. The Morgan fingerprint density at radius 2 is 1.77 bits per heavy atom. The average Bonchev–Trinajstić information content (AvgIpc) is 3.22. The number of carbonyl (C=O) groups excluding carboxylic acids is 2. The number of ether oxygens (including phenoxy) is 1. The van der Waals surface area contributed by atoms with Crippen molar-refractivity contribution in [2.45, 2.75) is 6.61 Å². The van der Waals surface area contributed by atoms with Gasteiger partial charge in [0, 0.05) is 32.4 Å². The van der Waals surface area contributed by atoms with Gasteiger partial charge < -0.3 is 10.1 Å². The molecule has 4 aromatic rings. The van der Waals surface area contributed by atoms with Crippen LogP contribution in [-0.4, -0.2) is 16.1 Å². The molecule has 4 aromatic carbocycles. The molecule has 40 heavy (non-hydrogen) atoms. The SMILES string of the molecule is O=C(Nc1ccc(F)cc1)c1cccc(N2C(=O)/C(=C\c3cc(Cl)ccc3OCc3ccccc3Cl)SC2=S)c1. The topological polar surface area (TPSA) is 58.6 Å². The van der Waals surface area contributed by atoms with Crippen LogP contribution in [0.2, 0.25) is 10.0 Å². The van der Waals surface area contributed by atoms with Crippen molar-refractivity contribution in [3.05, 3.63) is 128 Å². The first-order valence-corrected chi connectivity index (χ1v) is 13.9. The van der Waals surface area contributed by atoms with Gasteiger partial charge in [0.25, 0.3) is 11.8 Å². The standard InChI is InChI=1S/C30H19Cl2FN2O3S2/c31-21-8-13-26(38-17-19-4-1-2-7-25(19)32)20(14-21)16-27-29(37)35(30(39)40-27)24-6-3-5-18(15-24)28(36)34-23-11-9-22(33)10-12-23/h1-16H,17H2,(H,34,36)/b27-16+. The largest absolute Gasteiger partial charge is 0.488 e. The van der Waals surface area contributed by atoms with Crippen molar-refractivity contribution < 1.29 is 18.7 Å². The lowest BCUT2D eigenvalue weighted by atomic mass is 10.1. The Kier molecular flexibility index (Phi) is 8.52. The van der Waals surface area contributed by atoms with E-state index >= 15 is 0 Å². The average molecular weight is 610 g/mol. The van der Waals surface area contributed by atoms with E-state index in [9.17, 15) is 14.0 Å². The smallest absolute Gasteiger partial charge is 0.270 e. The number of thiocarbonyl (C=S) groups is 1. The van der Waals surface area contributed by atoms with Crippen LogP contribution < -0.4 is 15.0 Å². The summed E-state index contributed by atoms with van der Waals surface area (Å²) in [5.74, 6) is -0.634. The predicted molar refractivity (Wildman–Crippen MR) is 164 cm³/mol. The number of hydrogen-bond acceptors (Lipinski definition) is 5. The minimum atomic E-state index is -0.409. The molecular weight excluding hydrogens is 590 g/mol. The van der Waals surface area contributed by atoms with Crippen molar-refractivity contribution in [3.63, 3.8) is 0 Å². The van der Waals surface area contributed by atoms with E-state index in [-0.39, 0.29) is 12.5 Å². The summed E-state index contributed by atoms with van der Waals surface area (Å²) in [6.07, 6.45) is 1.68. The van der Waals surface area contributed by atoms with Gasteiger partial charge in [-0.2, -0.15) is 0 Å². The Labute approximate surface area is 249 Å². The molecule has 2 amide bonds. The normalized spacial score (nSPS) is 14.1. The van der Waals surface area contributed by atoms with Crippen LogP contribution in [0, 0.1) is 5.82 Å². The van der Waals surface area contributed by atoms with Crippen molar-refractivity contribution in [2.24, 2.45) is 0 Å². The molecule has 0 atom stereocenters. The van der Waals surface area contributed by atoms with Crippen LogP contribution in [0.1, 0.15) is 21.5 Å².